The molecule has 134 valence electrons. The summed E-state index contributed by atoms with van der Waals surface area (Å²) in [7, 11) is 0. The zero-order valence-electron chi connectivity index (χ0n) is 15.2. The summed E-state index contributed by atoms with van der Waals surface area (Å²) < 4.78 is 14.0. The molecule has 1 N–H and O–H groups in total. The summed E-state index contributed by atoms with van der Waals surface area (Å²) in [5, 5.41) is 10.8. The average Bonchev–Trinajstić information content (AvgIpc) is 2.71. The normalized spacial score (nSPS) is 20.4. The molecule has 3 aromatic rings. The van der Waals surface area contributed by atoms with Crippen LogP contribution in [0.2, 0.25) is 0 Å². The third kappa shape index (κ3) is 3.21. The van der Waals surface area contributed by atoms with Gasteiger partial charge in [-0.25, -0.2) is 4.39 Å². The quantitative estimate of drug-likeness (QED) is 0.538. The van der Waals surface area contributed by atoms with Crippen molar-refractivity contribution in [3.05, 3.63) is 66.0 Å². The van der Waals surface area contributed by atoms with Crippen molar-refractivity contribution in [3.63, 3.8) is 0 Å². The first kappa shape index (κ1) is 17.1. The van der Waals surface area contributed by atoms with Gasteiger partial charge in [-0.05, 0) is 71.7 Å². The molecule has 1 saturated carbocycles. The fourth-order valence-electron chi connectivity index (χ4n) is 4.31. The molecular weight excluding hydrogens is 323 g/mol. The van der Waals surface area contributed by atoms with Gasteiger partial charge in [0.15, 0.2) is 11.6 Å². The third-order valence-electron chi connectivity index (χ3n) is 6.07. The Balaban J connectivity index is 1.57. The van der Waals surface area contributed by atoms with Gasteiger partial charge < -0.3 is 5.11 Å². The molecule has 1 fully saturated rings. The highest BCUT2D eigenvalue weighted by Gasteiger charge is 2.21. The lowest BCUT2D eigenvalue weighted by Gasteiger charge is -2.28. The number of phenols is 1. The molecule has 0 heterocycles. The first-order valence-corrected chi connectivity index (χ1v) is 9.67. The van der Waals surface area contributed by atoms with Crippen LogP contribution in [0, 0.1) is 11.7 Å². The van der Waals surface area contributed by atoms with Crippen molar-refractivity contribution < 1.29 is 9.50 Å². The number of benzene rings is 3. The van der Waals surface area contributed by atoms with Crippen LogP contribution in [0.4, 0.5) is 4.39 Å². The standard InChI is InChI=1S/C24H25FO/c1-2-16-3-5-17(6-4-16)18-7-9-19(10-8-18)20-11-13-22-21(15-20)12-14-23(26)24(22)25/h7-17,26H,2-6H2,1H3. The van der Waals surface area contributed by atoms with Gasteiger partial charge in [0, 0.05) is 5.39 Å². The molecule has 0 atom stereocenters. The van der Waals surface area contributed by atoms with E-state index in [2.05, 4.69) is 31.2 Å². The minimum Gasteiger partial charge on any atom is -0.505 e. The highest BCUT2D eigenvalue weighted by Crippen LogP contribution is 2.37. The molecule has 26 heavy (non-hydrogen) atoms. The molecular formula is C24H25FO. The van der Waals surface area contributed by atoms with E-state index in [9.17, 15) is 9.50 Å². The zero-order chi connectivity index (χ0) is 18.1. The fraction of sp³-hybridized carbons (Fsp3) is 0.333. The molecule has 1 aliphatic rings. The van der Waals surface area contributed by atoms with Crippen LogP contribution in [-0.4, -0.2) is 5.11 Å². The van der Waals surface area contributed by atoms with E-state index in [1.165, 1.54) is 43.7 Å². The Kier molecular flexibility index (Phi) is 4.67. The van der Waals surface area contributed by atoms with E-state index >= 15 is 0 Å². The van der Waals surface area contributed by atoms with E-state index in [4.69, 9.17) is 0 Å². The molecule has 0 bridgehead atoms. The van der Waals surface area contributed by atoms with Gasteiger partial charge in [0.2, 0.25) is 0 Å². The molecule has 0 radical (unpaired) electrons. The van der Waals surface area contributed by atoms with Gasteiger partial charge in [0.05, 0.1) is 0 Å². The average molecular weight is 348 g/mol. The molecule has 0 aromatic heterocycles. The highest BCUT2D eigenvalue weighted by atomic mass is 19.1. The van der Waals surface area contributed by atoms with Crippen LogP contribution in [0.3, 0.4) is 0 Å². The maximum absolute atomic E-state index is 14.0. The Morgan fingerprint density at radius 1 is 0.885 bits per heavy atom. The van der Waals surface area contributed by atoms with E-state index in [1.54, 1.807) is 12.1 Å². The van der Waals surface area contributed by atoms with Gasteiger partial charge in [-0.1, -0.05) is 55.8 Å². The summed E-state index contributed by atoms with van der Waals surface area (Å²) in [4.78, 5) is 0. The van der Waals surface area contributed by atoms with Crippen LogP contribution >= 0.6 is 0 Å². The lowest BCUT2D eigenvalue weighted by atomic mass is 9.77. The number of halogens is 1. The molecule has 4 rings (SSSR count). The molecule has 0 spiro atoms. The maximum Gasteiger partial charge on any atom is 0.172 e. The van der Waals surface area contributed by atoms with Gasteiger partial charge in [-0.3, -0.25) is 0 Å². The number of aromatic hydroxyl groups is 1. The number of fused-ring (bicyclic) bond motifs is 1. The van der Waals surface area contributed by atoms with Crippen LogP contribution < -0.4 is 0 Å². The van der Waals surface area contributed by atoms with Crippen molar-refractivity contribution in [3.8, 4) is 16.9 Å². The van der Waals surface area contributed by atoms with Crippen molar-refractivity contribution >= 4 is 10.8 Å². The van der Waals surface area contributed by atoms with E-state index in [0.29, 0.717) is 11.3 Å². The molecule has 0 amide bonds. The number of rotatable bonds is 3. The smallest absolute Gasteiger partial charge is 0.172 e. The summed E-state index contributed by atoms with van der Waals surface area (Å²) in [6, 6.07) is 17.7. The van der Waals surface area contributed by atoms with Gasteiger partial charge in [0.25, 0.3) is 0 Å². The summed E-state index contributed by atoms with van der Waals surface area (Å²) in [6.45, 7) is 2.30. The maximum atomic E-state index is 14.0. The number of phenolic OH excluding ortho intramolecular Hbond substituents is 1. The van der Waals surface area contributed by atoms with Crippen LogP contribution in [0.1, 0.15) is 50.5 Å². The number of hydrogen-bond donors (Lipinski definition) is 1. The van der Waals surface area contributed by atoms with Gasteiger partial charge in [-0.15, -0.1) is 0 Å². The van der Waals surface area contributed by atoms with E-state index < -0.39 is 5.82 Å². The summed E-state index contributed by atoms with van der Waals surface area (Å²) in [5.41, 5.74) is 3.66. The minimum atomic E-state index is -0.549. The fourth-order valence-corrected chi connectivity index (χ4v) is 4.31. The lowest BCUT2D eigenvalue weighted by molar-refractivity contribution is 0.319. The van der Waals surface area contributed by atoms with Crippen molar-refractivity contribution in [2.75, 3.05) is 0 Å². The Bertz CT molecular complexity index is 905. The summed E-state index contributed by atoms with van der Waals surface area (Å²) in [5.74, 6) is 0.767. The van der Waals surface area contributed by atoms with Crippen molar-refractivity contribution in [2.45, 2.75) is 44.9 Å². The van der Waals surface area contributed by atoms with E-state index in [1.807, 2.05) is 12.1 Å². The Morgan fingerprint density at radius 2 is 1.58 bits per heavy atom. The van der Waals surface area contributed by atoms with Crippen LogP contribution in [-0.2, 0) is 0 Å². The van der Waals surface area contributed by atoms with Crippen molar-refractivity contribution in [1.29, 1.82) is 0 Å². The molecule has 0 aliphatic heterocycles. The second-order valence-electron chi connectivity index (χ2n) is 7.58. The van der Waals surface area contributed by atoms with E-state index in [0.717, 1.165) is 22.4 Å². The largest absolute Gasteiger partial charge is 0.505 e. The van der Waals surface area contributed by atoms with Gasteiger partial charge in [-0.2, -0.15) is 0 Å². The monoisotopic (exact) mass is 348 g/mol. The molecule has 1 aliphatic carbocycles. The highest BCUT2D eigenvalue weighted by molar-refractivity contribution is 5.88. The number of hydrogen-bond acceptors (Lipinski definition) is 1. The van der Waals surface area contributed by atoms with E-state index in [-0.39, 0.29) is 5.75 Å². The van der Waals surface area contributed by atoms with Crippen molar-refractivity contribution in [1.82, 2.24) is 0 Å². The lowest BCUT2D eigenvalue weighted by Crippen LogP contribution is -2.12. The minimum absolute atomic E-state index is 0.299. The predicted octanol–water partition coefficient (Wildman–Crippen LogP) is 7.04. The first-order chi connectivity index (χ1) is 12.7. The van der Waals surface area contributed by atoms with Gasteiger partial charge >= 0.3 is 0 Å². The van der Waals surface area contributed by atoms with Crippen LogP contribution in [0.15, 0.2) is 54.6 Å². The summed E-state index contributed by atoms with van der Waals surface area (Å²) >= 11 is 0. The molecule has 0 unspecified atom stereocenters. The third-order valence-corrected chi connectivity index (χ3v) is 6.07. The van der Waals surface area contributed by atoms with Crippen molar-refractivity contribution in [2.24, 2.45) is 5.92 Å². The predicted molar refractivity (Wildman–Crippen MR) is 106 cm³/mol. The summed E-state index contributed by atoms with van der Waals surface area (Å²) in [6.07, 6.45) is 6.62. The second kappa shape index (κ2) is 7.11. The topological polar surface area (TPSA) is 20.2 Å². The molecule has 3 aromatic carbocycles. The molecule has 0 saturated heterocycles. The zero-order valence-corrected chi connectivity index (χ0v) is 15.2. The second-order valence-corrected chi connectivity index (χ2v) is 7.58. The Labute approximate surface area is 154 Å². The first-order valence-electron chi connectivity index (χ1n) is 9.67. The van der Waals surface area contributed by atoms with Crippen LogP contribution in [0.5, 0.6) is 5.75 Å². The molecule has 1 nitrogen and oxygen atoms in total. The van der Waals surface area contributed by atoms with Crippen LogP contribution in [0.25, 0.3) is 21.9 Å². The Morgan fingerprint density at radius 3 is 2.27 bits per heavy atom. The molecule has 2 heteroatoms. The van der Waals surface area contributed by atoms with Gasteiger partial charge in [0.1, 0.15) is 0 Å². The SMILES string of the molecule is CCC1CCC(c2ccc(-c3ccc4c(F)c(O)ccc4c3)cc2)CC1. The Hall–Kier alpha value is -2.35.